The lowest BCUT2D eigenvalue weighted by Gasteiger charge is -2.20. The Bertz CT molecular complexity index is 316. The van der Waals surface area contributed by atoms with E-state index < -0.39 is 0 Å². The van der Waals surface area contributed by atoms with Gasteiger partial charge in [-0.05, 0) is 19.8 Å². The second kappa shape index (κ2) is 7.60. The first-order chi connectivity index (χ1) is 8.24. The zero-order valence-electron chi connectivity index (χ0n) is 10.2. The third-order valence-electron chi connectivity index (χ3n) is 2.81. The van der Waals surface area contributed by atoms with Crippen LogP contribution in [0.1, 0.15) is 39.0 Å². The summed E-state index contributed by atoms with van der Waals surface area (Å²) in [6.45, 7) is 1.79. The van der Waals surface area contributed by atoms with E-state index in [1.54, 1.807) is 13.1 Å². The van der Waals surface area contributed by atoms with Gasteiger partial charge in [0.1, 0.15) is 0 Å². The van der Waals surface area contributed by atoms with E-state index in [0.29, 0.717) is 5.70 Å². The van der Waals surface area contributed by atoms with Gasteiger partial charge in [-0.2, -0.15) is 0 Å². The Hall–Kier alpha value is -1.65. The number of hydrogen-bond acceptors (Lipinski definition) is 4. The fourth-order valence-corrected chi connectivity index (χ4v) is 1.87. The summed E-state index contributed by atoms with van der Waals surface area (Å²) >= 11 is 0. The molecular weight excluding hydrogens is 216 g/mol. The van der Waals surface area contributed by atoms with Gasteiger partial charge >= 0.3 is 0 Å². The minimum atomic E-state index is 0.0600. The minimum absolute atomic E-state index is 0.0600. The molecule has 0 bridgehead atoms. The van der Waals surface area contributed by atoms with Crippen molar-refractivity contribution in [2.24, 2.45) is 10.9 Å². The molecule has 0 atom stereocenters. The largest absolute Gasteiger partial charge is 0.307 e. The van der Waals surface area contributed by atoms with E-state index in [0.717, 1.165) is 31.9 Å². The van der Waals surface area contributed by atoms with Gasteiger partial charge in [0.05, 0.1) is 5.70 Å². The average Bonchev–Trinajstić information content (AvgIpc) is 2.37. The van der Waals surface area contributed by atoms with Crippen LogP contribution in [0.2, 0.25) is 0 Å². The molecule has 0 aromatic heterocycles. The van der Waals surface area contributed by atoms with Crippen LogP contribution in [0.4, 0.5) is 0 Å². The number of carbonyl (C=O) groups excluding carboxylic acids is 1. The first-order valence-corrected chi connectivity index (χ1v) is 5.99. The summed E-state index contributed by atoms with van der Waals surface area (Å²) in [6, 6.07) is 0. The van der Waals surface area contributed by atoms with Crippen molar-refractivity contribution in [2.45, 2.75) is 39.0 Å². The van der Waals surface area contributed by atoms with Crippen molar-refractivity contribution in [3.05, 3.63) is 11.9 Å². The lowest BCUT2D eigenvalue weighted by Crippen LogP contribution is -2.39. The van der Waals surface area contributed by atoms with Gasteiger partial charge in [0.2, 0.25) is 5.91 Å². The molecule has 94 valence electrons. The Labute approximate surface area is 102 Å². The molecule has 0 aromatic carbocycles. The molecule has 1 amide bonds. The standard InChI is InChI=1S/C12H20N4O/c1-10(14-8-7-13)9-15-16-12(17)11-5-3-2-4-6-11/h7-9,11,13,15H,2-6H2,1H3,(H,16,17)/b10-9+,13-7?,14-8-. The van der Waals surface area contributed by atoms with Crippen molar-refractivity contribution in [3.8, 4) is 0 Å². The summed E-state index contributed by atoms with van der Waals surface area (Å²) in [5.74, 6) is 0.208. The third kappa shape index (κ3) is 5.29. The molecule has 3 N–H and O–H groups in total. The van der Waals surface area contributed by atoms with Gasteiger partial charge in [0, 0.05) is 24.5 Å². The Kier molecular flexibility index (Phi) is 5.99. The molecule has 0 aromatic rings. The van der Waals surface area contributed by atoms with Crippen LogP contribution in [-0.2, 0) is 4.79 Å². The van der Waals surface area contributed by atoms with Crippen molar-refractivity contribution in [3.63, 3.8) is 0 Å². The van der Waals surface area contributed by atoms with Gasteiger partial charge in [-0.3, -0.25) is 15.2 Å². The van der Waals surface area contributed by atoms with E-state index in [4.69, 9.17) is 5.41 Å². The lowest BCUT2D eigenvalue weighted by molar-refractivity contribution is -0.126. The van der Waals surface area contributed by atoms with Crippen molar-refractivity contribution >= 4 is 18.3 Å². The van der Waals surface area contributed by atoms with Crippen molar-refractivity contribution in [1.82, 2.24) is 10.9 Å². The third-order valence-corrected chi connectivity index (χ3v) is 2.81. The molecule has 17 heavy (non-hydrogen) atoms. The predicted octanol–water partition coefficient (Wildman–Crippen LogP) is 1.77. The minimum Gasteiger partial charge on any atom is -0.307 e. The van der Waals surface area contributed by atoms with Gasteiger partial charge < -0.3 is 10.8 Å². The molecule has 0 spiro atoms. The average molecular weight is 236 g/mol. The van der Waals surface area contributed by atoms with E-state index in [1.807, 2.05) is 0 Å². The zero-order valence-corrected chi connectivity index (χ0v) is 10.2. The lowest BCUT2D eigenvalue weighted by atomic mass is 9.89. The number of nitrogens with zero attached hydrogens (tertiary/aromatic N) is 1. The molecule has 5 nitrogen and oxygen atoms in total. The molecular formula is C12H20N4O. The number of amides is 1. The Morgan fingerprint density at radius 2 is 2.06 bits per heavy atom. The van der Waals surface area contributed by atoms with Crippen LogP contribution in [0.5, 0.6) is 0 Å². The number of rotatable bonds is 5. The summed E-state index contributed by atoms with van der Waals surface area (Å²) < 4.78 is 0. The highest BCUT2D eigenvalue weighted by Gasteiger charge is 2.20. The Balaban J connectivity index is 2.27. The molecule has 1 fully saturated rings. The summed E-state index contributed by atoms with van der Waals surface area (Å²) in [6.07, 6.45) is 9.63. The van der Waals surface area contributed by atoms with E-state index in [1.165, 1.54) is 12.6 Å². The molecule has 0 aliphatic heterocycles. The zero-order chi connectivity index (χ0) is 12.5. The van der Waals surface area contributed by atoms with E-state index in [9.17, 15) is 4.79 Å². The van der Waals surface area contributed by atoms with Crippen LogP contribution in [0.3, 0.4) is 0 Å². The number of nitrogens with one attached hydrogen (secondary N) is 3. The SMILES string of the molecule is CC(=C\NNC(=O)C1CCCCC1)/N=C\C=N. The van der Waals surface area contributed by atoms with E-state index in [-0.39, 0.29) is 11.8 Å². The number of hydrogen-bond donors (Lipinski definition) is 3. The first-order valence-electron chi connectivity index (χ1n) is 5.99. The second-order valence-electron chi connectivity index (χ2n) is 4.20. The quantitative estimate of drug-likeness (QED) is 0.502. The highest BCUT2D eigenvalue weighted by Crippen LogP contribution is 2.23. The summed E-state index contributed by atoms with van der Waals surface area (Å²) in [4.78, 5) is 15.6. The molecule has 1 rings (SSSR count). The fraction of sp³-hybridized carbons (Fsp3) is 0.583. The summed E-state index contributed by atoms with van der Waals surface area (Å²) in [7, 11) is 0. The maximum absolute atomic E-state index is 11.7. The Morgan fingerprint density at radius 3 is 2.71 bits per heavy atom. The van der Waals surface area contributed by atoms with Crippen LogP contribution in [0, 0.1) is 11.3 Å². The van der Waals surface area contributed by atoms with Crippen molar-refractivity contribution in [2.75, 3.05) is 0 Å². The van der Waals surface area contributed by atoms with Crippen molar-refractivity contribution < 1.29 is 4.79 Å². The van der Waals surface area contributed by atoms with Gasteiger partial charge in [-0.25, -0.2) is 0 Å². The second-order valence-corrected chi connectivity index (χ2v) is 4.20. The number of aliphatic imine (C=N–C) groups is 1. The van der Waals surface area contributed by atoms with Gasteiger partial charge in [-0.15, -0.1) is 0 Å². The summed E-state index contributed by atoms with van der Waals surface area (Å²) in [5.41, 5.74) is 6.11. The first kappa shape index (κ1) is 13.4. The molecule has 0 unspecified atom stereocenters. The monoisotopic (exact) mass is 236 g/mol. The number of carbonyl (C=O) groups is 1. The normalized spacial score (nSPS) is 18.1. The van der Waals surface area contributed by atoms with Crippen LogP contribution in [-0.4, -0.2) is 18.3 Å². The summed E-state index contributed by atoms with van der Waals surface area (Å²) in [5, 5.41) is 6.78. The molecule has 1 aliphatic rings. The Morgan fingerprint density at radius 1 is 1.35 bits per heavy atom. The van der Waals surface area contributed by atoms with Crippen LogP contribution in [0.25, 0.3) is 0 Å². The maximum Gasteiger partial charge on any atom is 0.241 e. The highest BCUT2D eigenvalue weighted by molar-refractivity contribution is 6.14. The molecule has 1 saturated carbocycles. The van der Waals surface area contributed by atoms with Crippen LogP contribution in [0.15, 0.2) is 16.9 Å². The molecule has 0 saturated heterocycles. The van der Waals surface area contributed by atoms with Gasteiger partial charge in [-0.1, -0.05) is 19.3 Å². The highest BCUT2D eigenvalue weighted by atomic mass is 16.2. The molecule has 0 heterocycles. The van der Waals surface area contributed by atoms with Gasteiger partial charge in [0.15, 0.2) is 0 Å². The van der Waals surface area contributed by atoms with E-state index >= 15 is 0 Å². The molecule has 1 aliphatic carbocycles. The van der Waals surface area contributed by atoms with Gasteiger partial charge in [0.25, 0.3) is 0 Å². The predicted molar refractivity (Wildman–Crippen MR) is 68.9 cm³/mol. The fourth-order valence-electron chi connectivity index (χ4n) is 1.87. The van der Waals surface area contributed by atoms with Crippen LogP contribution >= 0.6 is 0 Å². The van der Waals surface area contributed by atoms with E-state index in [2.05, 4.69) is 15.8 Å². The molecule has 0 radical (unpaired) electrons. The van der Waals surface area contributed by atoms with Crippen molar-refractivity contribution in [1.29, 1.82) is 5.41 Å². The topological polar surface area (TPSA) is 77.3 Å². The maximum atomic E-state index is 11.7. The number of allylic oxidation sites excluding steroid dienone is 1. The smallest absolute Gasteiger partial charge is 0.241 e. The molecule has 5 heteroatoms. The van der Waals surface area contributed by atoms with Crippen LogP contribution < -0.4 is 10.9 Å². The number of hydrazine groups is 1.